The van der Waals surface area contributed by atoms with Gasteiger partial charge in [0, 0.05) is 19.0 Å². The highest BCUT2D eigenvalue weighted by molar-refractivity contribution is 7.18. The Morgan fingerprint density at radius 3 is 3.22 bits per heavy atom. The first-order valence-corrected chi connectivity index (χ1v) is 8.52. The van der Waals surface area contributed by atoms with Gasteiger partial charge in [0.25, 0.3) is 0 Å². The molecular formula is C15H17ClN2O4S. The molecule has 0 aliphatic carbocycles. The Labute approximate surface area is 142 Å². The number of anilines is 1. The lowest BCUT2D eigenvalue weighted by atomic mass is 10.1. The molecule has 2 atom stereocenters. The van der Waals surface area contributed by atoms with Gasteiger partial charge in [0.15, 0.2) is 15.2 Å². The third-order valence-electron chi connectivity index (χ3n) is 3.94. The Bertz CT molecular complexity index is 673. The number of aliphatic hydroxyl groups excluding tert-OH is 1. The zero-order valence-corrected chi connectivity index (χ0v) is 14.1. The van der Waals surface area contributed by atoms with E-state index in [-0.39, 0.29) is 11.2 Å². The minimum absolute atomic E-state index is 0.128. The standard InChI is InChI=1S/C15H17ClN2O4S/c1-21-14(20)12-13(16)17-15(23-12)18-6-2-4-9(18)8-10(19)11-5-3-7-22-11/h3,5,7,9-10,19H,2,4,6,8H2,1H3. The van der Waals surface area contributed by atoms with Crippen molar-refractivity contribution in [2.45, 2.75) is 31.4 Å². The van der Waals surface area contributed by atoms with Crippen molar-refractivity contribution in [2.24, 2.45) is 0 Å². The van der Waals surface area contributed by atoms with Crippen molar-refractivity contribution in [2.75, 3.05) is 18.6 Å². The second-order valence-electron chi connectivity index (χ2n) is 5.36. The number of hydrogen-bond acceptors (Lipinski definition) is 7. The van der Waals surface area contributed by atoms with Crippen LogP contribution in [0.3, 0.4) is 0 Å². The smallest absolute Gasteiger partial charge is 0.351 e. The van der Waals surface area contributed by atoms with Crippen LogP contribution < -0.4 is 4.90 Å². The Kier molecular flexibility index (Phi) is 4.89. The Morgan fingerprint density at radius 1 is 1.70 bits per heavy atom. The maximum Gasteiger partial charge on any atom is 0.351 e. The number of carbonyl (C=O) groups excluding carboxylic acids is 1. The molecular weight excluding hydrogens is 340 g/mol. The van der Waals surface area contributed by atoms with Crippen molar-refractivity contribution in [1.82, 2.24) is 4.98 Å². The van der Waals surface area contributed by atoms with Crippen molar-refractivity contribution in [3.8, 4) is 0 Å². The molecule has 124 valence electrons. The van der Waals surface area contributed by atoms with Crippen LogP contribution in [-0.2, 0) is 4.74 Å². The fourth-order valence-electron chi connectivity index (χ4n) is 2.82. The van der Waals surface area contributed by atoms with E-state index in [2.05, 4.69) is 9.88 Å². The number of thiazole rings is 1. The van der Waals surface area contributed by atoms with Crippen LogP contribution >= 0.6 is 22.9 Å². The minimum atomic E-state index is -0.661. The van der Waals surface area contributed by atoms with Crippen LogP contribution in [0, 0.1) is 0 Å². The molecule has 1 saturated heterocycles. The molecule has 0 spiro atoms. The first-order valence-electron chi connectivity index (χ1n) is 7.33. The van der Waals surface area contributed by atoms with E-state index in [1.54, 1.807) is 18.4 Å². The van der Waals surface area contributed by atoms with Gasteiger partial charge in [-0.2, -0.15) is 0 Å². The fourth-order valence-corrected chi connectivity index (χ4v) is 4.12. The zero-order valence-electron chi connectivity index (χ0n) is 12.6. The minimum Gasteiger partial charge on any atom is -0.467 e. The maximum absolute atomic E-state index is 11.7. The van der Waals surface area contributed by atoms with Crippen molar-refractivity contribution in [3.05, 3.63) is 34.2 Å². The first-order chi connectivity index (χ1) is 11.1. The van der Waals surface area contributed by atoms with Gasteiger partial charge < -0.3 is 19.2 Å². The van der Waals surface area contributed by atoms with Crippen LogP contribution in [0.5, 0.6) is 0 Å². The summed E-state index contributed by atoms with van der Waals surface area (Å²) in [4.78, 5) is 18.4. The quantitative estimate of drug-likeness (QED) is 0.829. The lowest BCUT2D eigenvalue weighted by Gasteiger charge is -2.25. The van der Waals surface area contributed by atoms with E-state index in [0.717, 1.165) is 19.4 Å². The molecule has 0 bridgehead atoms. The molecule has 23 heavy (non-hydrogen) atoms. The number of aromatic nitrogens is 1. The molecule has 1 fully saturated rings. The molecule has 1 aliphatic heterocycles. The molecule has 3 heterocycles. The first kappa shape index (κ1) is 16.3. The van der Waals surface area contributed by atoms with Crippen molar-refractivity contribution in [1.29, 1.82) is 0 Å². The van der Waals surface area contributed by atoms with Gasteiger partial charge in [-0.1, -0.05) is 22.9 Å². The molecule has 2 aromatic rings. The van der Waals surface area contributed by atoms with Crippen LogP contribution in [-0.4, -0.2) is 35.8 Å². The van der Waals surface area contributed by atoms with E-state index in [1.165, 1.54) is 18.4 Å². The monoisotopic (exact) mass is 356 g/mol. The van der Waals surface area contributed by atoms with Gasteiger partial charge in [-0.25, -0.2) is 9.78 Å². The Balaban J connectivity index is 1.75. The molecule has 2 aromatic heterocycles. The summed E-state index contributed by atoms with van der Waals surface area (Å²) in [7, 11) is 1.32. The summed E-state index contributed by atoms with van der Waals surface area (Å²) in [5.41, 5.74) is 0. The van der Waals surface area contributed by atoms with Gasteiger partial charge in [0.2, 0.25) is 0 Å². The van der Waals surface area contributed by atoms with Crippen molar-refractivity contribution >= 4 is 34.0 Å². The largest absolute Gasteiger partial charge is 0.467 e. The highest BCUT2D eigenvalue weighted by atomic mass is 35.5. The van der Waals surface area contributed by atoms with Gasteiger partial charge in [-0.05, 0) is 25.0 Å². The van der Waals surface area contributed by atoms with E-state index in [0.29, 0.717) is 22.2 Å². The van der Waals surface area contributed by atoms with Gasteiger partial charge in [-0.15, -0.1) is 0 Å². The second-order valence-corrected chi connectivity index (χ2v) is 6.70. The number of aliphatic hydroxyl groups is 1. The van der Waals surface area contributed by atoms with Gasteiger partial charge >= 0.3 is 5.97 Å². The summed E-state index contributed by atoms with van der Waals surface area (Å²) in [6.45, 7) is 0.819. The molecule has 0 radical (unpaired) electrons. The van der Waals surface area contributed by atoms with E-state index in [4.69, 9.17) is 20.8 Å². The number of esters is 1. The van der Waals surface area contributed by atoms with Crippen LogP contribution in [0.4, 0.5) is 5.13 Å². The van der Waals surface area contributed by atoms with Gasteiger partial charge in [0.1, 0.15) is 11.9 Å². The summed E-state index contributed by atoms with van der Waals surface area (Å²) in [5, 5.41) is 11.1. The topological polar surface area (TPSA) is 75.8 Å². The Morgan fingerprint density at radius 2 is 2.52 bits per heavy atom. The maximum atomic E-state index is 11.7. The number of methoxy groups -OCH3 is 1. The van der Waals surface area contributed by atoms with Crippen LogP contribution in [0.2, 0.25) is 5.15 Å². The summed E-state index contributed by atoms with van der Waals surface area (Å²) >= 11 is 7.26. The number of halogens is 1. The Hall–Kier alpha value is -1.57. The fraction of sp³-hybridized carbons (Fsp3) is 0.467. The van der Waals surface area contributed by atoms with Gasteiger partial charge in [-0.3, -0.25) is 0 Å². The number of hydrogen-bond donors (Lipinski definition) is 1. The predicted octanol–water partition coefficient (Wildman–Crippen LogP) is 3.27. The van der Waals surface area contributed by atoms with E-state index >= 15 is 0 Å². The number of rotatable bonds is 5. The number of carbonyl (C=O) groups is 1. The normalized spacial score (nSPS) is 19.1. The third kappa shape index (κ3) is 3.36. The lowest BCUT2D eigenvalue weighted by Crippen LogP contribution is -2.30. The van der Waals surface area contributed by atoms with E-state index in [1.807, 2.05) is 0 Å². The summed E-state index contributed by atoms with van der Waals surface area (Å²) in [5.74, 6) is 0.0781. The highest BCUT2D eigenvalue weighted by Crippen LogP contribution is 2.36. The predicted molar refractivity (Wildman–Crippen MR) is 87.1 cm³/mol. The summed E-state index contributed by atoms with van der Waals surface area (Å²) in [6.07, 6.45) is 3.38. The molecule has 2 unspecified atom stereocenters. The van der Waals surface area contributed by atoms with Crippen LogP contribution in [0.25, 0.3) is 0 Å². The highest BCUT2D eigenvalue weighted by Gasteiger charge is 2.31. The zero-order chi connectivity index (χ0) is 16.4. The molecule has 0 saturated carbocycles. The van der Waals surface area contributed by atoms with Crippen LogP contribution in [0.1, 0.15) is 40.8 Å². The van der Waals surface area contributed by atoms with Crippen molar-refractivity contribution in [3.63, 3.8) is 0 Å². The number of nitrogens with zero attached hydrogens (tertiary/aromatic N) is 2. The number of ether oxygens (including phenoxy) is 1. The van der Waals surface area contributed by atoms with E-state index in [9.17, 15) is 9.90 Å². The van der Waals surface area contributed by atoms with Gasteiger partial charge in [0.05, 0.1) is 13.4 Å². The molecule has 3 rings (SSSR count). The molecule has 6 nitrogen and oxygen atoms in total. The summed E-state index contributed by atoms with van der Waals surface area (Å²) in [6, 6.07) is 3.65. The third-order valence-corrected chi connectivity index (χ3v) is 5.39. The molecule has 8 heteroatoms. The van der Waals surface area contributed by atoms with Crippen LogP contribution in [0.15, 0.2) is 22.8 Å². The molecule has 1 aliphatic rings. The number of furan rings is 1. The lowest BCUT2D eigenvalue weighted by molar-refractivity contribution is 0.0606. The average molecular weight is 357 g/mol. The molecule has 0 amide bonds. The summed E-state index contributed by atoms with van der Waals surface area (Å²) < 4.78 is 9.96. The average Bonchev–Trinajstić information content (AvgIpc) is 3.26. The second kappa shape index (κ2) is 6.90. The SMILES string of the molecule is COC(=O)c1sc(N2CCCC2CC(O)c2ccco2)nc1Cl. The molecule has 1 N–H and O–H groups in total. The molecule has 0 aromatic carbocycles. The van der Waals surface area contributed by atoms with Crippen molar-refractivity contribution < 1.29 is 19.1 Å². The van der Waals surface area contributed by atoms with E-state index < -0.39 is 12.1 Å².